The van der Waals surface area contributed by atoms with E-state index in [4.69, 9.17) is 15.8 Å². The highest BCUT2D eigenvalue weighted by Gasteiger charge is 2.39. The molecule has 0 atom stereocenters. The minimum atomic E-state index is 0.252. The van der Waals surface area contributed by atoms with Gasteiger partial charge in [0.15, 0.2) is 0 Å². The van der Waals surface area contributed by atoms with Crippen molar-refractivity contribution in [1.82, 2.24) is 14.8 Å². The second kappa shape index (κ2) is 6.95. The lowest BCUT2D eigenvalue weighted by Crippen LogP contribution is -2.34. The van der Waals surface area contributed by atoms with Crippen LogP contribution < -0.4 is 5.73 Å². The van der Waals surface area contributed by atoms with Crippen LogP contribution in [0.1, 0.15) is 43.9 Å². The summed E-state index contributed by atoms with van der Waals surface area (Å²) in [5, 5.41) is 15.6. The minimum absolute atomic E-state index is 0.252. The van der Waals surface area contributed by atoms with E-state index in [-0.39, 0.29) is 6.04 Å². The molecule has 1 fully saturated rings. The van der Waals surface area contributed by atoms with E-state index >= 15 is 0 Å². The number of benzene rings is 2. The summed E-state index contributed by atoms with van der Waals surface area (Å²) in [7, 11) is 0. The van der Waals surface area contributed by atoms with Gasteiger partial charge in [-0.15, -0.1) is 0 Å². The molecule has 5 heteroatoms. The molecule has 0 bridgehead atoms. The summed E-state index contributed by atoms with van der Waals surface area (Å²) < 4.78 is 1.85. The Morgan fingerprint density at radius 3 is 2.55 bits per heavy atom. The molecule has 1 aliphatic rings. The van der Waals surface area contributed by atoms with Crippen molar-refractivity contribution in [3.8, 4) is 28.6 Å². The number of aryl methyl sites for hydroxylation is 1. The van der Waals surface area contributed by atoms with Gasteiger partial charge in [0.1, 0.15) is 23.1 Å². The van der Waals surface area contributed by atoms with Gasteiger partial charge in [0.25, 0.3) is 0 Å². The maximum atomic E-state index is 9.79. The highest BCUT2D eigenvalue weighted by atomic mass is 15.3. The van der Waals surface area contributed by atoms with Gasteiger partial charge in [0.05, 0.1) is 17.3 Å². The number of anilines is 1. The Hall–Kier alpha value is -3.65. The summed E-state index contributed by atoms with van der Waals surface area (Å²) in [5.41, 5.74) is 12.7. The average molecular weight is 408 g/mol. The molecule has 5 nitrogen and oxygen atoms in total. The van der Waals surface area contributed by atoms with Crippen molar-refractivity contribution in [3.05, 3.63) is 65.7 Å². The molecule has 0 spiro atoms. The molecular weight excluding hydrogens is 382 g/mol. The van der Waals surface area contributed by atoms with E-state index in [2.05, 4.69) is 51.1 Å². The van der Waals surface area contributed by atoms with Crippen molar-refractivity contribution in [1.29, 1.82) is 5.26 Å². The van der Waals surface area contributed by atoms with Crippen molar-refractivity contribution < 1.29 is 0 Å². The number of pyridine rings is 1. The number of aromatic nitrogens is 3. The third-order valence-electron chi connectivity index (χ3n) is 6.37. The number of nitrogen functional groups attached to an aromatic ring is 1. The largest absolute Gasteiger partial charge is 0.383 e. The van der Waals surface area contributed by atoms with Crippen LogP contribution in [0.3, 0.4) is 0 Å². The number of rotatable bonds is 3. The number of nitrogens with zero attached hydrogens (tertiary/aromatic N) is 4. The lowest BCUT2D eigenvalue weighted by Gasteiger charge is -2.42. The van der Waals surface area contributed by atoms with Gasteiger partial charge in [0.2, 0.25) is 0 Å². The normalized spacial score (nSPS) is 15.5. The van der Waals surface area contributed by atoms with Crippen LogP contribution in [0, 0.1) is 23.7 Å². The molecule has 0 radical (unpaired) electrons. The Bertz CT molecular complexity index is 1350. The number of nitrogens with two attached hydrogens (primary N) is 1. The van der Waals surface area contributed by atoms with E-state index in [0.717, 1.165) is 40.6 Å². The average Bonchev–Trinajstić information content (AvgIpc) is 3.07. The number of fused-ring (bicyclic) bond motifs is 1. The SMILES string of the molecule is Cc1ccccc1-c1ccc2ccc(-c3nn(C4CC(C)(C)C4)c(N)c3C#N)cc2n1. The van der Waals surface area contributed by atoms with Crippen LogP contribution in [0.25, 0.3) is 33.4 Å². The van der Waals surface area contributed by atoms with E-state index in [1.807, 2.05) is 35.0 Å². The zero-order valence-electron chi connectivity index (χ0n) is 18.1. The quantitative estimate of drug-likeness (QED) is 0.459. The Morgan fingerprint density at radius 1 is 1.10 bits per heavy atom. The molecule has 0 unspecified atom stereocenters. The maximum Gasteiger partial charge on any atom is 0.140 e. The Kier molecular flexibility index (Phi) is 4.33. The lowest BCUT2D eigenvalue weighted by molar-refractivity contribution is 0.0967. The number of nitriles is 1. The lowest BCUT2D eigenvalue weighted by atomic mass is 9.68. The summed E-state index contributed by atoms with van der Waals surface area (Å²) in [6.45, 7) is 6.58. The van der Waals surface area contributed by atoms with Crippen molar-refractivity contribution in [2.45, 2.75) is 39.7 Å². The molecule has 1 saturated carbocycles. The first-order valence-electron chi connectivity index (χ1n) is 10.6. The van der Waals surface area contributed by atoms with Crippen LogP contribution >= 0.6 is 0 Å². The van der Waals surface area contributed by atoms with E-state index in [9.17, 15) is 5.26 Å². The van der Waals surface area contributed by atoms with Gasteiger partial charge in [-0.1, -0.05) is 56.3 Å². The minimum Gasteiger partial charge on any atom is -0.383 e. The highest BCUT2D eigenvalue weighted by molar-refractivity contribution is 5.87. The molecule has 0 aliphatic heterocycles. The zero-order valence-corrected chi connectivity index (χ0v) is 18.1. The first-order valence-corrected chi connectivity index (χ1v) is 10.6. The van der Waals surface area contributed by atoms with E-state index in [1.165, 1.54) is 5.56 Å². The topological polar surface area (TPSA) is 80.5 Å². The number of hydrogen-bond donors (Lipinski definition) is 1. The van der Waals surface area contributed by atoms with E-state index < -0.39 is 0 Å². The Labute approximate surface area is 182 Å². The van der Waals surface area contributed by atoms with Gasteiger partial charge in [-0.2, -0.15) is 10.4 Å². The third-order valence-corrected chi connectivity index (χ3v) is 6.37. The summed E-state index contributed by atoms with van der Waals surface area (Å²) in [6, 6.07) is 20.9. The summed E-state index contributed by atoms with van der Waals surface area (Å²) in [5.74, 6) is 0.458. The summed E-state index contributed by atoms with van der Waals surface area (Å²) in [4.78, 5) is 4.91. The standard InChI is InChI=1S/C26H25N5/c1-16-6-4-5-7-20(16)22-11-10-17-8-9-18(12-23(17)29-22)24-21(15-27)25(28)31(30-24)19-13-26(2,3)14-19/h4-12,19H,13-14,28H2,1-3H3. The van der Waals surface area contributed by atoms with Gasteiger partial charge in [-0.05, 0) is 42.9 Å². The molecule has 0 saturated heterocycles. The predicted molar refractivity (Wildman–Crippen MR) is 124 cm³/mol. The van der Waals surface area contributed by atoms with Gasteiger partial charge in [-0.25, -0.2) is 9.67 Å². The third kappa shape index (κ3) is 3.25. The molecule has 5 rings (SSSR count). The molecule has 4 aromatic rings. The highest BCUT2D eigenvalue weighted by Crippen LogP contribution is 2.49. The van der Waals surface area contributed by atoms with Gasteiger partial charge in [0, 0.05) is 16.5 Å². The van der Waals surface area contributed by atoms with Crippen LogP contribution in [-0.4, -0.2) is 14.8 Å². The van der Waals surface area contributed by atoms with Gasteiger partial charge >= 0.3 is 0 Å². The Balaban J connectivity index is 1.59. The van der Waals surface area contributed by atoms with Gasteiger partial charge < -0.3 is 5.73 Å². The molecule has 2 aromatic carbocycles. The van der Waals surface area contributed by atoms with Crippen LogP contribution in [0.15, 0.2) is 54.6 Å². The second-order valence-electron chi connectivity index (χ2n) is 9.31. The van der Waals surface area contributed by atoms with Crippen molar-refractivity contribution in [2.24, 2.45) is 5.41 Å². The first kappa shape index (κ1) is 19.3. The molecule has 1 aliphatic carbocycles. The smallest absolute Gasteiger partial charge is 0.140 e. The summed E-state index contributed by atoms with van der Waals surface area (Å²) >= 11 is 0. The van der Waals surface area contributed by atoms with Crippen molar-refractivity contribution in [3.63, 3.8) is 0 Å². The molecule has 2 heterocycles. The van der Waals surface area contributed by atoms with Crippen LogP contribution in [-0.2, 0) is 0 Å². The fraction of sp³-hybridized carbons (Fsp3) is 0.269. The van der Waals surface area contributed by atoms with E-state index in [0.29, 0.717) is 22.5 Å². The van der Waals surface area contributed by atoms with Crippen molar-refractivity contribution >= 4 is 16.7 Å². The maximum absolute atomic E-state index is 9.79. The first-order chi connectivity index (χ1) is 14.9. The van der Waals surface area contributed by atoms with Gasteiger partial charge in [-0.3, -0.25) is 0 Å². The number of hydrogen-bond acceptors (Lipinski definition) is 4. The second-order valence-corrected chi connectivity index (χ2v) is 9.31. The Morgan fingerprint density at radius 2 is 1.84 bits per heavy atom. The molecule has 31 heavy (non-hydrogen) atoms. The van der Waals surface area contributed by atoms with Crippen molar-refractivity contribution in [2.75, 3.05) is 5.73 Å². The summed E-state index contributed by atoms with van der Waals surface area (Å²) in [6.07, 6.45) is 2.03. The molecule has 154 valence electrons. The fourth-order valence-electron chi connectivity index (χ4n) is 4.70. The predicted octanol–water partition coefficient (Wildman–Crippen LogP) is 5.89. The van der Waals surface area contributed by atoms with E-state index in [1.54, 1.807) is 0 Å². The van der Waals surface area contributed by atoms with Crippen LogP contribution in [0.5, 0.6) is 0 Å². The molecule has 0 amide bonds. The monoisotopic (exact) mass is 407 g/mol. The molecule has 2 N–H and O–H groups in total. The molecular formula is C26H25N5. The molecule has 2 aromatic heterocycles. The zero-order chi connectivity index (χ0) is 21.8. The van der Waals surface area contributed by atoms with Crippen LogP contribution in [0.2, 0.25) is 0 Å². The van der Waals surface area contributed by atoms with Crippen LogP contribution in [0.4, 0.5) is 5.82 Å². The fourth-order valence-corrected chi connectivity index (χ4v) is 4.70.